The predicted octanol–water partition coefficient (Wildman–Crippen LogP) is -5.20. The van der Waals surface area contributed by atoms with E-state index in [4.69, 9.17) is 16.4 Å². The summed E-state index contributed by atoms with van der Waals surface area (Å²) in [5.41, 5.74) is -0.312. The van der Waals surface area contributed by atoms with Crippen LogP contribution in [0.25, 0.3) is 21.2 Å². The molecule has 1 aliphatic rings. The maximum atomic E-state index is 12.8. The van der Waals surface area contributed by atoms with Crippen molar-refractivity contribution in [3.8, 4) is 0 Å². The lowest BCUT2D eigenvalue weighted by molar-refractivity contribution is -0.129. The zero-order valence-corrected chi connectivity index (χ0v) is 19.9. The van der Waals surface area contributed by atoms with E-state index in [1.54, 1.807) is 12.1 Å². The first kappa shape index (κ1) is 16.1. The van der Waals surface area contributed by atoms with Crippen molar-refractivity contribution >= 4 is 80.2 Å². The number of carbonyl (C=O) groups excluding carboxylic acids is 2. The van der Waals surface area contributed by atoms with Gasteiger partial charge in [-0.15, -0.1) is 4.73 Å². The van der Waals surface area contributed by atoms with Crippen LogP contribution in [0, 0.1) is 0 Å². The number of aromatic nitrogens is 1. The molecule has 0 aliphatic heterocycles. The van der Waals surface area contributed by atoms with E-state index < -0.39 is 11.6 Å². The van der Waals surface area contributed by atoms with Crippen LogP contribution < -0.4 is 26.2 Å². The molecule has 5 nitrogen and oxygen atoms in total. The van der Waals surface area contributed by atoms with Gasteiger partial charge in [0.2, 0.25) is 11.6 Å². The first-order valence-corrected chi connectivity index (χ1v) is 10.4. The molecule has 3 rings (SSSR count). The number of fused-ring (bicyclic) bond motifs is 3. The molecule has 0 fully saturated rings. The monoisotopic (exact) mass is 379 g/mol. The van der Waals surface area contributed by atoms with Crippen LogP contribution in [0.3, 0.4) is 0 Å². The summed E-state index contributed by atoms with van der Waals surface area (Å²) < 4.78 is 1.15. The molecule has 0 amide bonds. The van der Waals surface area contributed by atoms with Gasteiger partial charge in [-0.2, -0.15) is 0 Å². The Morgan fingerprint density at radius 3 is 2.26 bits per heavy atom. The van der Waals surface area contributed by atoms with Crippen LogP contribution in [-0.4, -0.2) is 54.1 Å². The molecule has 0 bridgehead atoms. The van der Waals surface area contributed by atoms with Gasteiger partial charge >= 0.3 is 0 Å². The van der Waals surface area contributed by atoms with Gasteiger partial charge < -0.3 is 4.84 Å². The average Bonchev–Trinajstić information content (AvgIpc) is 2.49. The number of Topliss-reactive ketones (excluding diaryl/α,β-unsaturated/α-hetero) is 2. The van der Waals surface area contributed by atoms with Crippen molar-refractivity contribution < 1.29 is 14.4 Å². The molecule has 0 unspecified atom stereocenters. The highest BCUT2D eigenvalue weighted by atomic mass is 35.5. The van der Waals surface area contributed by atoms with Crippen molar-refractivity contribution in [2.45, 2.75) is 0 Å². The molecule has 0 spiro atoms. The van der Waals surface area contributed by atoms with E-state index in [9.17, 15) is 14.4 Å². The molecular weight excluding hydrogens is 366 g/mol. The molecule has 1 heterocycles. The molecule has 118 valence electrons. The molecule has 1 aromatic carbocycles. The van der Waals surface area contributed by atoms with Crippen molar-refractivity contribution in [1.29, 1.82) is 0 Å². The van der Waals surface area contributed by atoms with Crippen molar-refractivity contribution in [1.82, 2.24) is 4.73 Å². The van der Waals surface area contributed by atoms with Crippen LogP contribution in [0.1, 0.15) is 0 Å². The zero-order chi connectivity index (χ0) is 17.0. The predicted molar refractivity (Wildman–Crippen MR) is 101 cm³/mol. The first-order chi connectivity index (χ1) is 10.8. The summed E-state index contributed by atoms with van der Waals surface area (Å²) in [6.07, 6.45) is 0. The number of hydrogen-bond donors (Lipinski definition) is 0. The minimum atomic E-state index is -0.521. The summed E-state index contributed by atoms with van der Waals surface area (Å²) in [6, 6.07) is 3.46. The molecule has 0 saturated carbocycles. The molecule has 2 aromatic rings. The molecule has 1 aliphatic carbocycles. The summed E-state index contributed by atoms with van der Waals surface area (Å²) in [6.45, 7) is 0. The highest BCUT2D eigenvalue weighted by Crippen LogP contribution is 2.13. The van der Waals surface area contributed by atoms with E-state index in [2.05, 4.69) is 0 Å². The molecule has 0 saturated heterocycles. The van der Waals surface area contributed by atoms with Gasteiger partial charge in [0.25, 0.3) is 5.56 Å². The van der Waals surface area contributed by atoms with Crippen molar-refractivity contribution in [3.05, 3.63) is 38.1 Å². The van der Waals surface area contributed by atoms with E-state index in [1.165, 1.54) is 7.11 Å². The summed E-state index contributed by atoms with van der Waals surface area (Å²) in [5, 5.41) is 4.43. The standard InChI is InChI=1S/C14H14ClNO4Si3/c1-20-16-9-8(12(22)10(17)11(18)13(9)23)5-2-4(15)3-6(21)7(5)14(16)19/h2-3H,1,21-23H3. The van der Waals surface area contributed by atoms with Crippen LogP contribution in [-0.2, 0) is 9.59 Å². The number of pyridine rings is 1. The second kappa shape index (κ2) is 5.41. The van der Waals surface area contributed by atoms with E-state index in [0.717, 1.165) is 9.92 Å². The van der Waals surface area contributed by atoms with Crippen LogP contribution in [0.4, 0.5) is 0 Å². The minimum absolute atomic E-state index is 0.312. The van der Waals surface area contributed by atoms with Gasteiger partial charge in [0.1, 0.15) is 7.11 Å². The Labute approximate surface area is 144 Å². The topological polar surface area (TPSA) is 65.4 Å². The molecular formula is C14H14ClNO4Si3. The Morgan fingerprint density at radius 1 is 1.04 bits per heavy atom. The second-order valence-electron chi connectivity index (χ2n) is 5.56. The third-order valence-electron chi connectivity index (χ3n) is 4.21. The minimum Gasteiger partial charge on any atom is -0.413 e. The largest absolute Gasteiger partial charge is 0.413 e. The number of halogens is 1. The number of carbonyl (C=O) groups is 2. The number of benzene rings is 1. The molecule has 9 heteroatoms. The lowest BCUT2D eigenvalue weighted by Gasteiger charge is -2.17. The van der Waals surface area contributed by atoms with Crippen LogP contribution in [0.5, 0.6) is 0 Å². The van der Waals surface area contributed by atoms with Gasteiger partial charge in [-0.25, -0.2) is 0 Å². The summed E-state index contributed by atoms with van der Waals surface area (Å²) in [7, 11) is 2.77. The quantitative estimate of drug-likeness (QED) is 0.367. The van der Waals surface area contributed by atoms with Crippen LogP contribution in [0.2, 0.25) is 5.02 Å². The average molecular weight is 380 g/mol. The van der Waals surface area contributed by atoms with Gasteiger partial charge in [0.05, 0.1) is 5.35 Å². The number of rotatable bonds is 1. The van der Waals surface area contributed by atoms with Gasteiger partial charge in [0, 0.05) is 51.6 Å². The highest BCUT2D eigenvalue weighted by Gasteiger charge is 2.27. The Hall–Kier alpha value is -1.75. The Kier molecular flexibility index (Phi) is 3.79. The van der Waals surface area contributed by atoms with Gasteiger partial charge in [-0.1, -0.05) is 16.8 Å². The van der Waals surface area contributed by atoms with E-state index in [-0.39, 0.29) is 5.56 Å². The maximum Gasteiger partial charge on any atom is 0.291 e. The van der Waals surface area contributed by atoms with E-state index >= 15 is 0 Å². The third-order valence-corrected chi connectivity index (χ3v) is 7.10. The molecule has 0 radical (unpaired) electrons. The lowest BCUT2D eigenvalue weighted by Crippen LogP contribution is -2.53. The van der Waals surface area contributed by atoms with Gasteiger partial charge in [-0.3, -0.25) is 14.4 Å². The molecule has 23 heavy (non-hydrogen) atoms. The SMILES string of the molecule is COn1c2c(c3cc(Cl)cc([SiH3])c3c1=O)=C([SiH3])C(=O)C(=O)C=2[SiH3]. The number of ketones is 2. The van der Waals surface area contributed by atoms with E-state index in [1.807, 2.05) is 0 Å². The van der Waals surface area contributed by atoms with Crippen molar-refractivity contribution in [2.75, 3.05) is 7.11 Å². The fourth-order valence-corrected chi connectivity index (χ4v) is 5.77. The van der Waals surface area contributed by atoms with Crippen molar-refractivity contribution in [2.24, 2.45) is 0 Å². The van der Waals surface area contributed by atoms with Gasteiger partial charge in [0.15, 0.2) is 0 Å². The molecule has 0 atom stereocenters. The highest BCUT2D eigenvalue weighted by molar-refractivity contribution is 6.82. The first-order valence-electron chi connectivity index (χ1n) is 6.99. The summed E-state index contributed by atoms with van der Waals surface area (Å²) in [4.78, 5) is 42.6. The summed E-state index contributed by atoms with van der Waals surface area (Å²) >= 11 is 6.18. The molecule has 0 N–H and O–H groups in total. The second-order valence-corrected chi connectivity index (χ2v) is 9.07. The number of nitrogens with zero attached hydrogens (tertiary/aromatic N) is 1. The van der Waals surface area contributed by atoms with Crippen LogP contribution >= 0.6 is 11.6 Å². The fraction of sp³-hybridized carbons (Fsp3) is 0.0714. The third kappa shape index (κ3) is 2.13. The zero-order valence-electron chi connectivity index (χ0n) is 13.1. The van der Waals surface area contributed by atoms with Crippen LogP contribution in [0.15, 0.2) is 16.9 Å². The maximum absolute atomic E-state index is 12.8. The number of hydrogen-bond acceptors (Lipinski definition) is 4. The fourth-order valence-electron chi connectivity index (χ4n) is 3.11. The van der Waals surface area contributed by atoms with E-state index in [0.29, 0.717) is 67.5 Å². The smallest absolute Gasteiger partial charge is 0.291 e. The van der Waals surface area contributed by atoms with Gasteiger partial charge in [-0.05, 0) is 22.7 Å². The Balaban J connectivity index is 2.87. The lowest BCUT2D eigenvalue weighted by atomic mass is 10.0. The normalized spacial score (nSPS) is 14.9. The Bertz CT molecular complexity index is 1100. The Morgan fingerprint density at radius 2 is 1.65 bits per heavy atom. The van der Waals surface area contributed by atoms with Crippen molar-refractivity contribution in [3.63, 3.8) is 0 Å². The summed E-state index contributed by atoms with van der Waals surface area (Å²) in [5.74, 6) is -0.988. The molecule has 1 aromatic heterocycles.